The van der Waals surface area contributed by atoms with Gasteiger partial charge in [0.05, 0.1) is 33.0 Å². The summed E-state index contributed by atoms with van der Waals surface area (Å²) in [6, 6.07) is 0. The van der Waals surface area contributed by atoms with Gasteiger partial charge < -0.3 is 85.0 Å². The Balaban J connectivity index is 0.000000317. The maximum atomic E-state index is 9.48. The van der Waals surface area contributed by atoms with Crippen molar-refractivity contribution in [3.63, 3.8) is 0 Å². The zero-order valence-corrected chi connectivity index (χ0v) is 25.0. The summed E-state index contributed by atoms with van der Waals surface area (Å²) in [7, 11) is 0. The van der Waals surface area contributed by atoms with Crippen LogP contribution < -0.4 is 0 Å². The molecule has 3 heterocycles. The van der Waals surface area contributed by atoms with E-state index in [1.165, 1.54) is 0 Å². The van der Waals surface area contributed by atoms with Crippen molar-refractivity contribution < 1.29 is 85.0 Å². The Morgan fingerprint density at radius 3 is 1.07 bits per heavy atom. The Bertz CT molecular complexity index is 670. The molecule has 0 aromatic carbocycles. The highest BCUT2D eigenvalue weighted by molar-refractivity contribution is 7.80. The molecule has 0 amide bonds. The van der Waals surface area contributed by atoms with Gasteiger partial charge in [-0.3, -0.25) is 0 Å². The van der Waals surface area contributed by atoms with E-state index in [9.17, 15) is 40.9 Å². The van der Waals surface area contributed by atoms with Crippen LogP contribution in [0.15, 0.2) is 0 Å². The average molecular weight is 677 g/mol. The summed E-state index contributed by atoms with van der Waals surface area (Å²) < 4.78 is 25.1. The van der Waals surface area contributed by atoms with Crippen molar-refractivity contribution in [2.75, 3.05) is 44.5 Å². The van der Waals surface area contributed by atoms with Crippen molar-refractivity contribution in [2.24, 2.45) is 0 Å². The number of thiol groups is 3. The third kappa shape index (κ3) is 11.3. The van der Waals surface area contributed by atoms with Crippen LogP contribution in [0.4, 0.5) is 0 Å². The minimum atomic E-state index is -1.39. The highest BCUT2D eigenvalue weighted by Crippen LogP contribution is 2.24. The van der Waals surface area contributed by atoms with E-state index < -0.39 is 111 Å². The van der Waals surface area contributed by atoms with Gasteiger partial charge in [-0.2, -0.15) is 25.3 Å². The van der Waals surface area contributed by atoms with Gasteiger partial charge in [0.2, 0.25) is 0 Å². The van der Waals surface area contributed by atoms with Crippen LogP contribution in [0.2, 0.25) is 0 Å². The van der Waals surface area contributed by atoms with Gasteiger partial charge in [0.15, 0.2) is 12.6 Å². The van der Waals surface area contributed by atoms with Gasteiger partial charge in [-0.25, -0.2) is 0 Å². The second-order valence-electron chi connectivity index (χ2n) is 9.30. The van der Waals surface area contributed by atoms with E-state index in [4.69, 9.17) is 44.1 Å². The molecule has 0 radical (unpaired) electrons. The largest absolute Gasteiger partial charge is 0.394 e. The first-order valence-electron chi connectivity index (χ1n) is 12.9. The molecule has 0 saturated carbocycles. The highest BCUT2D eigenvalue weighted by Gasteiger charge is 2.45. The first-order chi connectivity index (χ1) is 19.8. The number of aliphatic hydroxyl groups is 12. The second kappa shape index (κ2) is 20.5. The molecule has 0 aromatic heterocycles. The molecule has 3 rings (SSSR count). The van der Waals surface area contributed by atoms with Crippen molar-refractivity contribution in [1.29, 1.82) is 0 Å². The summed E-state index contributed by atoms with van der Waals surface area (Å²) in [5.41, 5.74) is -0.874. The maximum Gasteiger partial charge on any atom is 0.186 e. The number of aliphatic hydroxyl groups excluding tert-OH is 12. The zero-order chi connectivity index (χ0) is 32.1. The van der Waals surface area contributed by atoms with E-state index in [1.54, 1.807) is 0 Å². The van der Waals surface area contributed by atoms with E-state index in [0.29, 0.717) is 11.5 Å². The Kier molecular flexibility index (Phi) is 19.7. The Labute approximate surface area is 258 Å². The summed E-state index contributed by atoms with van der Waals surface area (Å²) >= 11 is 11.6. The second-order valence-corrected chi connectivity index (χ2v) is 10.7. The predicted octanol–water partition coefficient (Wildman–Crippen LogP) is -6.82. The zero-order valence-electron chi connectivity index (χ0n) is 22.4. The van der Waals surface area contributed by atoms with Gasteiger partial charge in [0.1, 0.15) is 78.7 Å². The molecule has 12 N–H and O–H groups in total. The number of hydrogen-bond donors (Lipinski definition) is 15. The molecule has 17 nitrogen and oxygen atoms in total. The molecular formula is C22H44O17S3. The fourth-order valence-corrected chi connectivity index (χ4v) is 4.37. The Morgan fingerprint density at radius 2 is 0.762 bits per heavy atom. The SMILES string of the molecule is OCC1OC(OCCS)[C@H](O)[C@@H](O)[C@@H]1O.OCC1OC(OCCS)[C@H](O)[C@@H](O)[C@@H]1O.OCC1OC(S)[C@@H](O)[C@@H](O)[C@@H]1O. The van der Waals surface area contributed by atoms with Gasteiger partial charge in [-0.05, 0) is 0 Å². The maximum absolute atomic E-state index is 9.48. The molecule has 0 spiro atoms. The third-order valence-electron chi connectivity index (χ3n) is 6.31. The minimum Gasteiger partial charge on any atom is -0.394 e. The smallest absolute Gasteiger partial charge is 0.186 e. The molecule has 20 heteroatoms. The van der Waals surface area contributed by atoms with Crippen LogP contribution in [-0.4, -0.2) is 197 Å². The molecule has 0 bridgehead atoms. The molecular weight excluding hydrogens is 632 g/mol. The summed E-state index contributed by atoms with van der Waals surface area (Å²) in [6.45, 7) is -0.836. The van der Waals surface area contributed by atoms with Crippen LogP contribution in [0.1, 0.15) is 0 Å². The Hall–Kier alpha value is 0.370. The van der Waals surface area contributed by atoms with Gasteiger partial charge in [0, 0.05) is 11.5 Å². The van der Waals surface area contributed by atoms with Crippen molar-refractivity contribution in [1.82, 2.24) is 0 Å². The van der Waals surface area contributed by atoms with E-state index in [-0.39, 0.29) is 13.2 Å². The Morgan fingerprint density at radius 1 is 0.452 bits per heavy atom. The fraction of sp³-hybridized carbons (Fsp3) is 1.00. The van der Waals surface area contributed by atoms with Crippen LogP contribution in [0, 0.1) is 0 Å². The molecule has 0 aliphatic carbocycles. The lowest BCUT2D eigenvalue weighted by molar-refractivity contribution is -0.299. The number of rotatable bonds is 9. The first-order valence-corrected chi connectivity index (χ1v) is 14.6. The first kappa shape index (κ1) is 40.4. The number of hydrogen-bond acceptors (Lipinski definition) is 20. The molecule has 252 valence electrons. The molecule has 0 aromatic rings. The van der Waals surface area contributed by atoms with Gasteiger partial charge in [-0.1, -0.05) is 0 Å². The summed E-state index contributed by atoms with van der Waals surface area (Å²) in [5, 5.41) is 110. The van der Waals surface area contributed by atoms with E-state index in [0.717, 1.165) is 0 Å². The van der Waals surface area contributed by atoms with Gasteiger partial charge >= 0.3 is 0 Å². The molecule has 6 unspecified atom stereocenters. The summed E-state index contributed by atoms with van der Waals surface area (Å²) in [5.74, 6) is 0.879. The van der Waals surface area contributed by atoms with Crippen LogP contribution in [0.5, 0.6) is 0 Å². The van der Waals surface area contributed by atoms with E-state index >= 15 is 0 Å². The molecule has 3 saturated heterocycles. The summed E-state index contributed by atoms with van der Waals surface area (Å²) in [6.07, 6.45) is -16.8. The lowest BCUT2D eigenvalue weighted by Gasteiger charge is -2.39. The third-order valence-corrected chi connectivity index (χ3v) is 7.10. The molecule has 42 heavy (non-hydrogen) atoms. The topological polar surface area (TPSA) is 289 Å². The minimum absolute atomic E-state index is 0.242. The van der Waals surface area contributed by atoms with E-state index in [2.05, 4.69) is 37.9 Å². The van der Waals surface area contributed by atoms with Crippen molar-refractivity contribution in [3.05, 3.63) is 0 Å². The van der Waals surface area contributed by atoms with Crippen molar-refractivity contribution >= 4 is 37.9 Å². The van der Waals surface area contributed by atoms with Crippen LogP contribution >= 0.6 is 37.9 Å². The lowest BCUT2D eigenvalue weighted by Crippen LogP contribution is -2.59. The monoisotopic (exact) mass is 676 g/mol. The average Bonchev–Trinajstić information content (AvgIpc) is 2.99. The van der Waals surface area contributed by atoms with Crippen LogP contribution in [-0.2, 0) is 23.7 Å². The fourth-order valence-electron chi connectivity index (χ4n) is 3.83. The van der Waals surface area contributed by atoms with Crippen LogP contribution in [0.3, 0.4) is 0 Å². The normalized spacial score (nSPS) is 43.9. The van der Waals surface area contributed by atoms with Crippen LogP contribution in [0.25, 0.3) is 0 Å². The van der Waals surface area contributed by atoms with Crippen molar-refractivity contribution in [2.45, 2.75) is 91.3 Å². The van der Waals surface area contributed by atoms with Gasteiger partial charge in [0.25, 0.3) is 0 Å². The van der Waals surface area contributed by atoms with E-state index in [1.807, 2.05) is 0 Å². The molecule has 3 aliphatic heterocycles. The van der Waals surface area contributed by atoms with Gasteiger partial charge in [-0.15, -0.1) is 12.6 Å². The lowest BCUT2D eigenvalue weighted by atomic mass is 9.99. The molecule has 15 atom stereocenters. The molecule has 3 fully saturated rings. The highest BCUT2D eigenvalue weighted by atomic mass is 32.1. The standard InChI is InChI=1S/2C8H16O6S.C6H12O5S/c2*9-3-4-5(10)6(11)7(12)8(14-4)13-1-2-15;7-1-2-3(8)4(9)5(10)6(12)11-2/h2*4-12,15H,1-3H2;2-10,12H,1H2/t2*4?,5-,6+,7-,8?;2?,3-,4+,5+,6?/m111/s1. The number of ether oxygens (including phenoxy) is 5. The van der Waals surface area contributed by atoms with Crippen molar-refractivity contribution in [3.8, 4) is 0 Å². The summed E-state index contributed by atoms with van der Waals surface area (Å²) in [4.78, 5) is 0. The quantitative estimate of drug-likeness (QED) is 0.101. The molecule has 3 aliphatic rings. The predicted molar refractivity (Wildman–Crippen MR) is 150 cm³/mol.